The summed E-state index contributed by atoms with van der Waals surface area (Å²) < 4.78 is 8.80. The summed E-state index contributed by atoms with van der Waals surface area (Å²) in [4.78, 5) is 2.40. The number of hydrogen-bond acceptors (Lipinski definition) is 3. The van der Waals surface area contributed by atoms with Crippen LogP contribution in [0.25, 0.3) is 75.1 Å². The van der Waals surface area contributed by atoms with Gasteiger partial charge in [0.05, 0.1) is 5.69 Å². The average Bonchev–Trinajstić information content (AvgIpc) is 3.74. The summed E-state index contributed by atoms with van der Waals surface area (Å²) in [6.07, 6.45) is 0. The third-order valence-electron chi connectivity index (χ3n) is 9.66. The Hall–Kier alpha value is -6.16. The van der Waals surface area contributed by atoms with Crippen LogP contribution >= 0.6 is 11.3 Å². The van der Waals surface area contributed by atoms with Crippen molar-refractivity contribution in [2.75, 3.05) is 4.90 Å². The molecule has 2 aromatic heterocycles. The lowest BCUT2D eigenvalue weighted by atomic mass is 9.95. The van der Waals surface area contributed by atoms with Gasteiger partial charge in [0.1, 0.15) is 11.2 Å². The zero-order valence-electron chi connectivity index (χ0n) is 26.5. The van der Waals surface area contributed by atoms with Crippen LogP contribution < -0.4 is 4.90 Å². The average molecular weight is 644 g/mol. The molecule has 0 saturated heterocycles. The number of furan rings is 1. The van der Waals surface area contributed by atoms with Gasteiger partial charge < -0.3 is 9.32 Å². The standard InChI is InChI=1S/C46H29NOS/c1-2-14-36-31(10-1)11-8-17-37(36)33-13-7-12-32(28-33)30-22-24-34(25-23-30)47(35-26-27-43-40(29-35)38-15-3-5-19-42(38)48-43)41-18-9-21-45-46(41)39-16-4-6-20-44(39)49-45/h1-29H. The van der Waals surface area contributed by atoms with Crippen LogP contribution in [-0.2, 0) is 0 Å². The van der Waals surface area contributed by atoms with Crippen molar-refractivity contribution in [3.8, 4) is 22.3 Å². The highest BCUT2D eigenvalue weighted by Gasteiger charge is 2.20. The molecule has 0 amide bonds. The van der Waals surface area contributed by atoms with Crippen molar-refractivity contribution in [1.29, 1.82) is 0 Å². The van der Waals surface area contributed by atoms with E-state index < -0.39 is 0 Å². The maximum atomic E-state index is 6.23. The lowest BCUT2D eigenvalue weighted by molar-refractivity contribution is 0.669. The highest BCUT2D eigenvalue weighted by molar-refractivity contribution is 7.26. The highest BCUT2D eigenvalue weighted by Crippen LogP contribution is 2.46. The molecule has 10 rings (SSSR count). The first-order chi connectivity index (χ1) is 24.3. The molecule has 0 aliphatic carbocycles. The molecule has 230 valence electrons. The normalized spacial score (nSPS) is 11.7. The molecule has 0 unspecified atom stereocenters. The van der Waals surface area contributed by atoms with Crippen LogP contribution in [0, 0.1) is 0 Å². The largest absolute Gasteiger partial charge is 0.456 e. The van der Waals surface area contributed by atoms with Gasteiger partial charge >= 0.3 is 0 Å². The van der Waals surface area contributed by atoms with Gasteiger partial charge in [0.25, 0.3) is 0 Å². The Morgan fingerprint density at radius 3 is 2.00 bits per heavy atom. The van der Waals surface area contributed by atoms with Gasteiger partial charge in [0.2, 0.25) is 0 Å². The van der Waals surface area contributed by atoms with E-state index in [0.717, 1.165) is 39.0 Å². The van der Waals surface area contributed by atoms with Crippen molar-refractivity contribution >= 4 is 81.3 Å². The van der Waals surface area contributed by atoms with E-state index in [1.807, 2.05) is 23.5 Å². The van der Waals surface area contributed by atoms with Gasteiger partial charge in [-0.15, -0.1) is 11.3 Å². The van der Waals surface area contributed by atoms with Gasteiger partial charge in [-0.25, -0.2) is 0 Å². The number of rotatable bonds is 5. The van der Waals surface area contributed by atoms with E-state index in [1.54, 1.807) is 0 Å². The third-order valence-corrected chi connectivity index (χ3v) is 10.8. The Labute approximate surface area is 287 Å². The van der Waals surface area contributed by atoms with Crippen LogP contribution in [0.15, 0.2) is 180 Å². The fourth-order valence-corrected chi connectivity index (χ4v) is 8.50. The molecule has 0 atom stereocenters. The SMILES string of the molecule is c1cc(-c2ccc(N(c3ccc4oc5ccccc5c4c3)c3cccc4sc5ccccc5c34)cc2)cc(-c2cccc3ccccc23)c1. The quantitative estimate of drug-likeness (QED) is 0.186. The molecular weight excluding hydrogens is 615 g/mol. The molecule has 0 saturated carbocycles. The van der Waals surface area contributed by atoms with E-state index in [2.05, 4.69) is 169 Å². The minimum Gasteiger partial charge on any atom is -0.456 e. The summed E-state index contributed by atoms with van der Waals surface area (Å²) in [6, 6.07) is 63.3. The molecule has 2 nitrogen and oxygen atoms in total. The molecule has 8 aromatic carbocycles. The molecule has 0 aliphatic heterocycles. The summed E-state index contributed by atoms with van der Waals surface area (Å²) in [7, 11) is 0. The van der Waals surface area contributed by atoms with Gasteiger partial charge in [-0.05, 0) is 93.7 Å². The van der Waals surface area contributed by atoms with E-state index in [4.69, 9.17) is 4.42 Å². The Morgan fingerprint density at radius 1 is 0.408 bits per heavy atom. The lowest BCUT2D eigenvalue weighted by Gasteiger charge is -2.27. The van der Waals surface area contributed by atoms with E-state index in [1.165, 1.54) is 53.2 Å². The lowest BCUT2D eigenvalue weighted by Crippen LogP contribution is -2.10. The zero-order valence-corrected chi connectivity index (χ0v) is 27.3. The molecule has 0 N–H and O–H groups in total. The van der Waals surface area contributed by atoms with Crippen molar-refractivity contribution in [3.05, 3.63) is 176 Å². The van der Waals surface area contributed by atoms with Crippen molar-refractivity contribution in [3.63, 3.8) is 0 Å². The van der Waals surface area contributed by atoms with Crippen LogP contribution in [0.1, 0.15) is 0 Å². The Bertz CT molecular complexity index is 2840. The number of benzene rings is 8. The van der Waals surface area contributed by atoms with Gasteiger partial charge in [0, 0.05) is 42.3 Å². The van der Waals surface area contributed by atoms with Crippen LogP contribution in [0.4, 0.5) is 17.1 Å². The zero-order chi connectivity index (χ0) is 32.3. The number of anilines is 3. The van der Waals surface area contributed by atoms with E-state index in [-0.39, 0.29) is 0 Å². The summed E-state index contributed by atoms with van der Waals surface area (Å²) in [5.74, 6) is 0. The smallest absolute Gasteiger partial charge is 0.135 e. The summed E-state index contributed by atoms with van der Waals surface area (Å²) in [5, 5.41) is 7.31. The molecule has 0 aliphatic rings. The fraction of sp³-hybridized carbons (Fsp3) is 0. The second kappa shape index (κ2) is 11.2. The first kappa shape index (κ1) is 27.9. The number of para-hydroxylation sites is 1. The van der Waals surface area contributed by atoms with Crippen molar-refractivity contribution in [1.82, 2.24) is 0 Å². The molecule has 0 fully saturated rings. The second-order valence-corrected chi connectivity index (χ2v) is 13.6. The Balaban J connectivity index is 1.13. The molecule has 0 bridgehead atoms. The van der Waals surface area contributed by atoms with Gasteiger partial charge in [-0.3, -0.25) is 0 Å². The Morgan fingerprint density at radius 2 is 1.08 bits per heavy atom. The molecule has 0 spiro atoms. The van der Waals surface area contributed by atoms with E-state index >= 15 is 0 Å². The minimum atomic E-state index is 0.894. The molecule has 0 radical (unpaired) electrons. The highest BCUT2D eigenvalue weighted by atomic mass is 32.1. The van der Waals surface area contributed by atoms with Crippen LogP contribution in [0.5, 0.6) is 0 Å². The molecule has 3 heteroatoms. The van der Waals surface area contributed by atoms with Crippen molar-refractivity contribution in [2.24, 2.45) is 0 Å². The summed E-state index contributed by atoms with van der Waals surface area (Å²) in [5.41, 5.74) is 10.00. The third kappa shape index (κ3) is 4.62. The van der Waals surface area contributed by atoms with Gasteiger partial charge in [-0.1, -0.05) is 115 Å². The number of thiophene rings is 1. The van der Waals surface area contributed by atoms with Crippen molar-refractivity contribution in [2.45, 2.75) is 0 Å². The van der Waals surface area contributed by atoms with Crippen molar-refractivity contribution < 1.29 is 4.42 Å². The Kier molecular flexibility index (Phi) is 6.39. The summed E-state index contributed by atoms with van der Waals surface area (Å²) >= 11 is 1.85. The maximum Gasteiger partial charge on any atom is 0.135 e. The minimum absolute atomic E-state index is 0.894. The molecule has 10 aromatic rings. The fourth-order valence-electron chi connectivity index (χ4n) is 7.37. The first-order valence-electron chi connectivity index (χ1n) is 16.6. The van der Waals surface area contributed by atoms with Crippen LogP contribution in [0.3, 0.4) is 0 Å². The second-order valence-electron chi connectivity index (χ2n) is 12.5. The van der Waals surface area contributed by atoms with E-state index in [0.29, 0.717) is 0 Å². The number of fused-ring (bicyclic) bond motifs is 7. The maximum absolute atomic E-state index is 6.23. The van der Waals surface area contributed by atoms with E-state index in [9.17, 15) is 0 Å². The topological polar surface area (TPSA) is 16.4 Å². The van der Waals surface area contributed by atoms with Gasteiger partial charge in [-0.2, -0.15) is 0 Å². The van der Waals surface area contributed by atoms with Crippen LogP contribution in [-0.4, -0.2) is 0 Å². The molecule has 49 heavy (non-hydrogen) atoms. The monoisotopic (exact) mass is 643 g/mol. The van der Waals surface area contributed by atoms with Gasteiger partial charge in [0.15, 0.2) is 0 Å². The molecule has 2 heterocycles. The first-order valence-corrected chi connectivity index (χ1v) is 17.4. The number of hydrogen-bond donors (Lipinski definition) is 0. The van der Waals surface area contributed by atoms with Crippen LogP contribution in [0.2, 0.25) is 0 Å². The predicted molar refractivity (Wildman–Crippen MR) is 210 cm³/mol. The number of nitrogens with zero attached hydrogens (tertiary/aromatic N) is 1. The molecular formula is C46H29NOS. The predicted octanol–water partition coefficient (Wildman–Crippen LogP) is 13.9. The summed E-state index contributed by atoms with van der Waals surface area (Å²) in [6.45, 7) is 0.